The van der Waals surface area contributed by atoms with Crippen LogP contribution in [0.3, 0.4) is 0 Å². The predicted molar refractivity (Wildman–Crippen MR) is 32.3 cm³/mol. The summed E-state index contributed by atoms with van der Waals surface area (Å²) in [6, 6.07) is 0. The minimum atomic E-state index is -0.503. The van der Waals surface area contributed by atoms with E-state index in [4.69, 9.17) is 6.42 Å². The van der Waals surface area contributed by atoms with Gasteiger partial charge in [-0.15, -0.1) is 6.42 Å². The van der Waals surface area contributed by atoms with Crippen LogP contribution in [0.5, 0.6) is 0 Å². The van der Waals surface area contributed by atoms with Crippen LogP contribution in [0.25, 0.3) is 0 Å². The van der Waals surface area contributed by atoms with Gasteiger partial charge in [0.2, 0.25) is 0 Å². The smallest absolute Gasteiger partial charge is 1.00 e. The van der Waals surface area contributed by atoms with Gasteiger partial charge >= 0.3 is 35.5 Å². The molecule has 0 amide bonds. The molecule has 3 nitrogen and oxygen atoms in total. The van der Waals surface area contributed by atoms with Crippen LogP contribution >= 0.6 is 0 Å². The zero-order valence-corrected chi connectivity index (χ0v) is 8.38. The van der Waals surface area contributed by atoms with E-state index in [1.807, 2.05) is 0 Å². The average Bonchev–Trinajstić information content (AvgIpc) is 1.83. The van der Waals surface area contributed by atoms with Crippen molar-refractivity contribution in [1.29, 1.82) is 0 Å². The van der Waals surface area contributed by atoms with Gasteiger partial charge in [-0.2, -0.15) is 4.89 Å². The molecule has 0 N–H and O–H groups in total. The van der Waals surface area contributed by atoms with Crippen molar-refractivity contribution < 1.29 is 45.6 Å². The first kappa shape index (κ1) is 12.6. The molecular formula is C6H9NaO3. The summed E-state index contributed by atoms with van der Waals surface area (Å²) in [6.07, 6.45) is 4.41. The van der Waals surface area contributed by atoms with E-state index in [9.17, 15) is 4.79 Å². The van der Waals surface area contributed by atoms with Crippen LogP contribution in [-0.4, -0.2) is 12.1 Å². The molecule has 1 unspecified atom stereocenters. The Morgan fingerprint density at radius 2 is 2.30 bits per heavy atom. The number of carbonyl (C=O) groups excluding carboxylic acids is 1. The molecule has 0 radical (unpaired) electrons. The Bertz CT molecular complexity index is 143. The fourth-order valence-electron chi connectivity index (χ4n) is 0.168. The van der Waals surface area contributed by atoms with E-state index in [0.717, 1.165) is 0 Å². The molecule has 0 aromatic heterocycles. The predicted octanol–water partition coefficient (Wildman–Crippen LogP) is -2.38. The van der Waals surface area contributed by atoms with Crippen molar-refractivity contribution in [2.75, 3.05) is 0 Å². The van der Waals surface area contributed by atoms with Crippen molar-refractivity contribution in [2.24, 2.45) is 0 Å². The van der Waals surface area contributed by atoms with Gasteiger partial charge < -0.3 is 1.43 Å². The van der Waals surface area contributed by atoms with Crippen LogP contribution in [0.15, 0.2) is 0 Å². The van der Waals surface area contributed by atoms with Crippen LogP contribution in [0.2, 0.25) is 0 Å². The SMILES string of the molecule is C#CC(C)OOC(C)=O.[H-].[Na+]. The van der Waals surface area contributed by atoms with Crippen LogP contribution < -0.4 is 29.6 Å². The Morgan fingerprint density at radius 3 is 2.60 bits per heavy atom. The molecule has 52 valence electrons. The van der Waals surface area contributed by atoms with E-state index < -0.39 is 12.1 Å². The normalized spacial score (nSPS) is 10.5. The van der Waals surface area contributed by atoms with Gasteiger partial charge in [0.15, 0.2) is 6.10 Å². The second kappa shape index (κ2) is 7.10. The van der Waals surface area contributed by atoms with Gasteiger partial charge in [-0.3, -0.25) is 4.89 Å². The quantitative estimate of drug-likeness (QED) is 0.192. The summed E-state index contributed by atoms with van der Waals surface area (Å²) in [6.45, 7) is 2.84. The Morgan fingerprint density at radius 1 is 1.80 bits per heavy atom. The van der Waals surface area contributed by atoms with E-state index in [2.05, 4.69) is 15.7 Å². The van der Waals surface area contributed by atoms with E-state index >= 15 is 0 Å². The maximum absolute atomic E-state index is 10.0. The Kier molecular flexibility index (Phi) is 8.98. The number of terminal acetylenes is 1. The van der Waals surface area contributed by atoms with Crippen molar-refractivity contribution in [3.8, 4) is 12.3 Å². The monoisotopic (exact) mass is 152 g/mol. The standard InChI is InChI=1S/C6H8O3.Na.H/c1-4-5(2)8-9-6(3)7;;/h1,5H,2-3H3;;/q;+1;-1. The van der Waals surface area contributed by atoms with Crippen LogP contribution in [0.4, 0.5) is 0 Å². The minimum Gasteiger partial charge on any atom is -1.00 e. The first-order valence-electron chi connectivity index (χ1n) is 2.47. The summed E-state index contributed by atoms with van der Waals surface area (Å²) in [7, 11) is 0. The molecule has 0 spiro atoms. The average molecular weight is 152 g/mol. The van der Waals surface area contributed by atoms with Crippen LogP contribution in [0, 0.1) is 12.3 Å². The molecule has 0 rings (SSSR count). The summed E-state index contributed by atoms with van der Waals surface area (Å²) in [5.74, 6) is 1.72. The summed E-state index contributed by atoms with van der Waals surface area (Å²) in [5, 5.41) is 0. The zero-order valence-electron chi connectivity index (χ0n) is 7.38. The van der Waals surface area contributed by atoms with Gasteiger partial charge in [-0.25, -0.2) is 4.79 Å². The van der Waals surface area contributed by atoms with E-state index in [0.29, 0.717) is 0 Å². The molecule has 0 fully saturated rings. The molecule has 0 aromatic carbocycles. The number of carbonyl (C=O) groups is 1. The number of rotatable bonds is 2. The van der Waals surface area contributed by atoms with Crippen molar-refractivity contribution in [2.45, 2.75) is 20.0 Å². The molecule has 0 saturated carbocycles. The van der Waals surface area contributed by atoms with E-state index in [1.54, 1.807) is 6.92 Å². The largest absolute Gasteiger partial charge is 1.00 e. The molecule has 0 aliphatic heterocycles. The summed E-state index contributed by atoms with van der Waals surface area (Å²) >= 11 is 0. The molecule has 0 bridgehead atoms. The summed E-state index contributed by atoms with van der Waals surface area (Å²) in [4.78, 5) is 18.5. The van der Waals surface area contributed by atoms with Gasteiger partial charge in [0.1, 0.15) is 0 Å². The molecule has 0 aromatic rings. The Balaban J connectivity index is -0.000000320. The fraction of sp³-hybridized carbons (Fsp3) is 0.500. The third-order valence-electron chi connectivity index (χ3n) is 0.545. The van der Waals surface area contributed by atoms with Gasteiger partial charge in [-0.05, 0) is 6.92 Å². The molecule has 1 atom stereocenters. The molecule has 0 saturated heterocycles. The van der Waals surface area contributed by atoms with Crippen LogP contribution in [0.1, 0.15) is 15.3 Å². The first-order valence-corrected chi connectivity index (χ1v) is 2.47. The Labute approximate surface area is 83.8 Å². The molecule has 0 heterocycles. The molecule has 0 aliphatic carbocycles. The second-order valence-corrected chi connectivity index (χ2v) is 1.48. The minimum absolute atomic E-state index is 0. The number of hydrogen-bond acceptors (Lipinski definition) is 3. The second-order valence-electron chi connectivity index (χ2n) is 1.48. The number of hydrogen-bond donors (Lipinski definition) is 0. The third-order valence-corrected chi connectivity index (χ3v) is 0.545. The summed E-state index contributed by atoms with van der Waals surface area (Å²) < 4.78 is 0. The van der Waals surface area contributed by atoms with E-state index in [-0.39, 0.29) is 31.0 Å². The van der Waals surface area contributed by atoms with Crippen molar-refractivity contribution in [3.63, 3.8) is 0 Å². The molecule has 0 aliphatic rings. The molecular weight excluding hydrogens is 143 g/mol. The molecule has 4 heteroatoms. The van der Waals surface area contributed by atoms with E-state index in [1.165, 1.54) is 6.92 Å². The topological polar surface area (TPSA) is 35.5 Å². The van der Waals surface area contributed by atoms with Crippen LogP contribution in [-0.2, 0) is 14.6 Å². The van der Waals surface area contributed by atoms with Crippen molar-refractivity contribution in [1.82, 2.24) is 0 Å². The maximum Gasteiger partial charge on any atom is 1.00 e. The first-order chi connectivity index (χ1) is 4.16. The van der Waals surface area contributed by atoms with Crippen molar-refractivity contribution >= 4 is 5.97 Å². The zero-order chi connectivity index (χ0) is 7.28. The van der Waals surface area contributed by atoms with Gasteiger partial charge in [0, 0.05) is 6.92 Å². The Hall–Kier alpha value is -0.0100. The third kappa shape index (κ3) is 7.99. The van der Waals surface area contributed by atoms with Crippen molar-refractivity contribution in [3.05, 3.63) is 0 Å². The summed E-state index contributed by atoms with van der Waals surface area (Å²) in [5.41, 5.74) is 0. The van der Waals surface area contributed by atoms with Gasteiger partial charge in [0.25, 0.3) is 0 Å². The van der Waals surface area contributed by atoms with Gasteiger partial charge in [0.05, 0.1) is 0 Å². The molecule has 10 heavy (non-hydrogen) atoms. The fourth-order valence-corrected chi connectivity index (χ4v) is 0.168. The van der Waals surface area contributed by atoms with Gasteiger partial charge in [-0.1, -0.05) is 5.92 Å². The maximum atomic E-state index is 10.0.